The molecule has 2 aliphatic rings. The van der Waals surface area contributed by atoms with Crippen molar-refractivity contribution in [3.05, 3.63) is 41.2 Å². The lowest BCUT2D eigenvalue weighted by molar-refractivity contribution is -0.123. The third kappa shape index (κ3) is 3.37. The molecule has 1 aromatic rings. The zero-order valence-corrected chi connectivity index (χ0v) is 15.3. The zero-order chi connectivity index (χ0) is 18.0. The van der Waals surface area contributed by atoms with E-state index in [9.17, 15) is 9.18 Å². The number of allylic oxidation sites excluding steroid dienone is 1. The number of hydrogen-bond acceptors (Lipinski definition) is 3. The van der Waals surface area contributed by atoms with Gasteiger partial charge in [0.1, 0.15) is 11.6 Å². The minimum Gasteiger partial charge on any atom is -0.497 e. The molecule has 0 spiro atoms. The monoisotopic (exact) mass is 346 g/mol. The largest absolute Gasteiger partial charge is 0.497 e. The Balaban J connectivity index is 1.85. The van der Waals surface area contributed by atoms with Crippen molar-refractivity contribution in [1.82, 2.24) is 0 Å². The van der Waals surface area contributed by atoms with Gasteiger partial charge < -0.3 is 9.47 Å². The Bertz CT molecular complexity index is 682. The van der Waals surface area contributed by atoms with Gasteiger partial charge in [-0.15, -0.1) is 0 Å². The van der Waals surface area contributed by atoms with Gasteiger partial charge in [-0.25, -0.2) is 4.39 Å². The number of carbonyl (C=O) groups is 1. The van der Waals surface area contributed by atoms with E-state index in [4.69, 9.17) is 9.47 Å². The summed E-state index contributed by atoms with van der Waals surface area (Å²) in [6.45, 7) is 4.86. The fourth-order valence-electron chi connectivity index (χ4n) is 4.36. The van der Waals surface area contributed by atoms with Crippen LogP contribution < -0.4 is 4.74 Å². The quantitative estimate of drug-likeness (QED) is 0.761. The smallest absolute Gasteiger partial charge is 0.158 e. The summed E-state index contributed by atoms with van der Waals surface area (Å²) in [5.41, 5.74) is 1.35. The van der Waals surface area contributed by atoms with Crippen molar-refractivity contribution in [3.8, 4) is 5.75 Å². The number of benzene rings is 1. The van der Waals surface area contributed by atoms with Crippen LogP contribution in [0.4, 0.5) is 4.39 Å². The van der Waals surface area contributed by atoms with Gasteiger partial charge in [-0.1, -0.05) is 26.3 Å². The molecule has 1 saturated heterocycles. The first kappa shape index (κ1) is 18.1. The molecule has 4 heteroatoms. The maximum Gasteiger partial charge on any atom is 0.158 e. The SMILES string of the molecule is CCC[C@H]1C[C@]2(C(C)Cc3ccc(OC)cc3F)OCCC2=CC1=O. The van der Waals surface area contributed by atoms with Crippen LogP contribution in [0, 0.1) is 17.7 Å². The maximum absolute atomic E-state index is 14.4. The van der Waals surface area contributed by atoms with Gasteiger partial charge in [0.15, 0.2) is 5.78 Å². The summed E-state index contributed by atoms with van der Waals surface area (Å²) in [5, 5.41) is 0. The van der Waals surface area contributed by atoms with Crippen LogP contribution in [0.15, 0.2) is 29.8 Å². The summed E-state index contributed by atoms with van der Waals surface area (Å²) in [5.74, 6) is 0.645. The number of methoxy groups -OCH3 is 1. The fourth-order valence-corrected chi connectivity index (χ4v) is 4.36. The lowest BCUT2D eigenvalue weighted by Gasteiger charge is -2.41. The molecule has 1 aliphatic carbocycles. The van der Waals surface area contributed by atoms with Crippen molar-refractivity contribution in [2.24, 2.45) is 11.8 Å². The van der Waals surface area contributed by atoms with Crippen molar-refractivity contribution in [2.75, 3.05) is 13.7 Å². The second-order valence-corrected chi connectivity index (χ2v) is 7.31. The van der Waals surface area contributed by atoms with Gasteiger partial charge in [0.2, 0.25) is 0 Å². The first-order chi connectivity index (χ1) is 12.0. The van der Waals surface area contributed by atoms with E-state index in [1.807, 2.05) is 6.08 Å². The van der Waals surface area contributed by atoms with Crippen LogP contribution in [-0.2, 0) is 16.0 Å². The predicted octanol–water partition coefficient (Wildman–Crippen LogP) is 4.49. The van der Waals surface area contributed by atoms with E-state index in [1.54, 1.807) is 12.1 Å². The number of halogens is 1. The Morgan fingerprint density at radius 2 is 2.24 bits per heavy atom. The molecule has 1 fully saturated rings. The Morgan fingerprint density at radius 3 is 2.92 bits per heavy atom. The second-order valence-electron chi connectivity index (χ2n) is 7.31. The average Bonchev–Trinajstić information content (AvgIpc) is 3.01. The summed E-state index contributed by atoms with van der Waals surface area (Å²) < 4.78 is 25.7. The molecule has 0 aromatic heterocycles. The van der Waals surface area contributed by atoms with E-state index in [-0.39, 0.29) is 23.4 Å². The normalized spacial score (nSPS) is 27.0. The van der Waals surface area contributed by atoms with E-state index in [0.717, 1.165) is 31.3 Å². The molecule has 1 unspecified atom stereocenters. The van der Waals surface area contributed by atoms with Crippen LogP contribution in [0.5, 0.6) is 5.75 Å². The molecule has 0 amide bonds. The fraction of sp³-hybridized carbons (Fsp3) is 0.571. The molecule has 3 atom stereocenters. The number of fused-ring (bicyclic) bond motifs is 1. The maximum atomic E-state index is 14.4. The standard InChI is InChI=1S/C21H27FO3/c1-4-5-16-13-21(17(8-9-25-21)11-20(16)23)14(2)10-15-6-7-18(24-3)12-19(15)22/h6-7,11-12,14,16H,4-5,8-10,13H2,1-3H3/t14?,16-,21+/m0/s1. The first-order valence-electron chi connectivity index (χ1n) is 9.21. The number of rotatable bonds is 6. The molecule has 1 aliphatic heterocycles. The number of carbonyl (C=O) groups excluding carboxylic acids is 1. The van der Waals surface area contributed by atoms with E-state index in [2.05, 4.69) is 13.8 Å². The van der Waals surface area contributed by atoms with Gasteiger partial charge in [-0.05, 0) is 54.9 Å². The Labute approximate surface area is 149 Å². The molecule has 0 saturated carbocycles. The minimum absolute atomic E-state index is 0.0232. The molecular formula is C21H27FO3. The molecule has 3 nitrogen and oxygen atoms in total. The van der Waals surface area contributed by atoms with Crippen LogP contribution in [0.3, 0.4) is 0 Å². The van der Waals surface area contributed by atoms with E-state index >= 15 is 0 Å². The highest BCUT2D eigenvalue weighted by molar-refractivity contribution is 5.94. The van der Waals surface area contributed by atoms with Gasteiger partial charge >= 0.3 is 0 Å². The van der Waals surface area contributed by atoms with Crippen LogP contribution in [0.2, 0.25) is 0 Å². The van der Waals surface area contributed by atoms with Crippen molar-refractivity contribution >= 4 is 5.78 Å². The molecule has 1 aromatic carbocycles. The lowest BCUT2D eigenvalue weighted by Crippen LogP contribution is -2.44. The average molecular weight is 346 g/mol. The molecule has 3 rings (SSSR count). The minimum atomic E-state index is -0.417. The van der Waals surface area contributed by atoms with Crippen molar-refractivity contribution in [3.63, 3.8) is 0 Å². The van der Waals surface area contributed by atoms with Gasteiger partial charge in [0.05, 0.1) is 19.3 Å². The molecule has 25 heavy (non-hydrogen) atoms. The highest BCUT2D eigenvalue weighted by atomic mass is 19.1. The predicted molar refractivity (Wildman–Crippen MR) is 95.2 cm³/mol. The summed E-state index contributed by atoms with van der Waals surface area (Å²) in [6, 6.07) is 5.01. The number of ether oxygens (including phenoxy) is 2. The van der Waals surface area contributed by atoms with Gasteiger partial charge in [0, 0.05) is 12.0 Å². The molecule has 0 radical (unpaired) electrons. The van der Waals surface area contributed by atoms with Crippen LogP contribution >= 0.6 is 0 Å². The highest BCUT2D eigenvalue weighted by Crippen LogP contribution is 2.47. The zero-order valence-electron chi connectivity index (χ0n) is 15.3. The Morgan fingerprint density at radius 1 is 1.44 bits per heavy atom. The van der Waals surface area contributed by atoms with Gasteiger partial charge in [-0.3, -0.25) is 4.79 Å². The summed E-state index contributed by atoms with van der Waals surface area (Å²) in [4.78, 5) is 12.4. The molecule has 136 valence electrons. The van der Waals surface area contributed by atoms with Crippen molar-refractivity contribution < 1.29 is 18.7 Å². The summed E-state index contributed by atoms with van der Waals surface area (Å²) >= 11 is 0. The third-order valence-electron chi connectivity index (χ3n) is 5.76. The topological polar surface area (TPSA) is 35.5 Å². The Hall–Kier alpha value is -1.68. The van der Waals surface area contributed by atoms with Crippen LogP contribution in [-0.4, -0.2) is 25.1 Å². The van der Waals surface area contributed by atoms with E-state index < -0.39 is 5.60 Å². The van der Waals surface area contributed by atoms with Crippen molar-refractivity contribution in [1.29, 1.82) is 0 Å². The molecular weight excluding hydrogens is 319 g/mol. The molecule has 1 heterocycles. The second kappa shape index (κ2) is 7.28. The summed E-state index contributed by atoms with van der Waals surface area (Å²) in [6.07, 6.45) is 5.80. The Kier molecular flexibility index (Phi) is 5.28. The van der Waals surface area contributed by atoms with Gasteiger partial charge in [0.25, 0.3) is 0 Å². The number of ketones is 1. The summed E-state index contributed by atoms with van der Waals surface area (Å²) in [7, 11) is 1.53. The first-order valence-corrected chi connectivity index (χ1v) is 9.21. The number of hydrogen-bond donors (Lipinski definition) is 0. The highest BCUT2D eigenvalue weighted by Gasteiger charge is 2.49. The van der Waals surface area contributed by atoms with Crippen LogP contribution in [0.25, 0.3) is 0 Å². The third-order valence-corrected chi connectivity index (χ3v) is 5.76. The van der Waals surface area contributed by atoms with Gasteiger partial charge in [-0.2, -0.15) is 0 Å². The molecule has 0 bridgehead atoms. The van der Waals surface area contributed by atoms with Crippen LogP contribution in [0.1, 0.15) is 45.1 Å². The van der Waals surface area contributed by atoms with E-state index in [1.165, 1.54) is 13.2 Å². The molecule has 0 N–H and O–H groups in total. The van der Waals surface area contributed by atoms with E-state index in [0.29, 0.717) is 24.3 Å². The lowest BCUT2D eigenvalue weighted by atomic mass is 9.68. The van der Waals surface area contributed by atoms with Crippen molar-refractivity contribution in [2.45, 2.75) is 51.6 Å².